The van der Waals surface area contributed by atoms with Crippen LogP contribution in [0.25, 0.3) is 32.9 Å². The number of sulfonamides is 1. The van der Waals surface area contributed by atoms with E-state index in [1.807, 2.05) is 30.3 Å². The first-order chi connectivity index (χ1) is 12.5. The lowest BCUT2D eigenvalue weighted by molar-refractivity contribution is 0.422. The molecule has 4 aromatic rings. The molecule has 1 heterocycles. The molecule has 0 aliphatic carbocycles. The number of aromatic amines is 1. The van der Waals surface area contributed by atoms with Crippen LogP contribution in [0.4, 0.5) is 5.69 Å². The van der Waals surface area contributed by atoms with Crippen molar-refractivity contribution in [2.45, 2.75) is 0 Å². The Morgan fingerprint density at radius 2 is 1.81 bits per heavy atom. The SMILES string of the molecule is COc1c(NS(C)(=O)=O)ccc2[nH]nc(-c3ccc4ccccc4c3)c12. The summed E-state index contributed by atoms with van der Waals surface area (Å²) in [5.74, 6) is 0.435. The van der Waals surface area contributed by atoms with Crippen molar-refractivity contribution in [3.05, 3.63) is 54.6 Å². The van der Waals surface area contributed by atoms with Crippen molar-refractivity contribution >= 4 is 37.4 Å². The quantitative estimate of drug-likeness (QED) is 0.575. The minimum absolute atomic E-state index is 0.380. The third-order valence-electron chi connectivity index (χ3n) is 4.21. The first-order valence-corrected chi connectivity index (χ1v) is 9.87. The monoisotopic (exact) mass is 367 g/mol. The zero-order valence-electron chi connectivity index (χ0n) is 14.3. The molecule has 0 saturated carbocycles. The van der Waals surface area contributed by atoms with Gasteiger partial charge >= 0.3 is 0 Å². The van der Waals surface area contributed by atoms with Crippen molar-refractivity contribution < 1.29 is 13.2 Å². The van der Waals surface area contributed by atoms with Crippen molar-refractivity contribution in [1.82, 2.24) is 10.2 Å². The summed E-state index contributed by atoms with van der Waals surface area (Å²) >= 11 is 0. The van der Waals surface area contributed by atoms with Crippen molar-refractivity contribution in [2.24, 2.45) is 0 Å². The van der Waals surface area contributed by atoms with E-state index >= 15 is 0 Å². The van der Waals surface area contributed by atoms with Crippen molar-refractivity contribution in [2.75, 3.05) is 18.1 Å². The van der Waals surface area contributed by atoms with Gasteiger partial charge in [-0.25, -0.2) is 8.42 Å². The Kier molecular flexibility index (Phi) is 3.81. The smallest absolute Gasteiger partial charge is 0.229 e. The Labute approximate surface area is 150 Å². The van der Waals surface area contributed by atoms with Gasteiger partial charge in [-0.15, -0.1) is 0 Å². The highest BCUT2D eigenvalue weighted by Crippen LogP contribution is 2.39. The highest BCUT2D eigenvalue weighted by atomic mass is 32.2. The van der Waals surface area contributed by atoms with E-state index < -0.39 is 10.0 Å². The Morgan fingerprint density at radius 3 is 2.54 bits per heavy atom. The number of ether oxygens (including phenoxy) is 1. The average molecular weight is 367 g/mol. The highest BCUT2D eigenvalue weighted by Gasteiger charge is 2.18. The summed E-state index contributed by atoms with van der Waals surface area (Å²) in [5, 5.41) is 10.4. The normalized spacial score (nSPS) is 11.8. The summed E-state index contributed by atoms with van der Waals surface area (Å²) in [6.07, 6.45) is 1.11. The van der Waals surface area contributed by atoms with Gasteiger partial charge in [-0.2, -0.15) is 5.10 Å². The van der Waals surface area contributed by atoms with Gasteiger partial charge in [0.15, 0.2) is 5.75 Å². The number of benzene rings is 3. The third kappa shape index (κ3) is 2.86. The molecule has 3 aromatic carbocycles. The van der Waals surface area contributed by atoms with Gasteiger partial charge < -0.3 is 4.74 Å². The van der Waals surface area contributed by atoms with Crippen LogP contribution in [0, 0.1) is 0 Å². The van der Waals surface area contributed by atoms with Gasteiger partial charge in [0.2, 0.25) is 10.0 Å². The van der Waals surface area contributed by atoms with E-state index in [2.05, 4.69) is 27.1 Å². The molecule has 0 aliphatic heterocycles. The molecule has 0 radical (unpaired) electrons. The van der Waals surface area contributed by atoms with Gasteiger partial charge in [0.05, 0.1) is 30.0 Å². The highest BCUT2D eigenvalue weighted by molar-refractivity contribution is 7.92. The van der Waals surface area contributed by atoms with Crippen molar-refractivity contribution in [3.8, 4) is 17.0 Å². The molecule has 0 atom stereocenters. The molecule has 0 amide bonds. The standard InChI is InChI=1S/C19H17N3O3S/c1-25-19-16(22-26(2,23)24)10-9-15-17(19)18(21-20-15)14-8-7-12-5-3-4-6-13(12)11-14/h3-11,22H,1-2H3,(H,20,21). The van der Waals surface area contributed by atoms with Crippen molar-refractivity contribution in [3.63, 3.8) is 0 Å². The van der Waals surface area contributed by atoms with Crippen LogP contribution in [0.1, 0.15) is 0 Å². The molecule has 7 heteroatoms. The second-order valence-electron chi connectivity index (χ2n) is 6.08. The first kappa shape index (κ1) is 16.4. The molecule has 0 bridgehead atoms. The average Bonchev–Trinajstić information content (AvgIpc) is 3.04. The Bertz CT molecular complexity index is 1230. The topological polar surface area (TPSA) is 84.1 Å². The van der Waals surface area contributed by atoms with Crippen LogP contribution in [0.5, 0.6) is 5.75 Å². The molecule has 0 aliphatic rings. The van der Waals surface area contributed by atoms with Crippen LogP contribution in [0.2, 0.25) is 0 Å². The largest absolute Gasteiger partial charge is 0.494 e. The molecule has 0 spiro atoms. The molecular formula is C19H17N3O3S. The molecule has 0 fully saturated rings. The molecule has 6 nitrogen and oxygen atoms in total. The maximum absolute atomic E-state index is 11.7. The van der Waals surface area contributed by atoms with E-state index in [0.29, 0.717) is 17.1 Å². The summed E-state index contributed by atoms with van der Waals surface area (Å²) in [4.78, 5) is 0. The van der Waals surface area contributed by atoms with E-state index in [4.69, 9.17) is 4.74 Å². The number of rotatable bonds is 4. The fourth-order valence-electron chi connectivity index (χ4n) is 3.12. The van der Waals surface area contributed by atoms with E-state index in [1.165, 1.54) is 7.11 Å². The van der Waals surface area contributed by atoms with E-state index in [0.717, 1.165) is 33.5 Å². The predicted molar refractivity (Wildman–Crippen MR) is 104 cm³/mol. The summed E-state index contributed by atoms with van der Waals surface area (Å²) in [6.45, 7) is 0. The number of fused-ring (bicyclic) bond motifs is 2. The lowest BCUT2D eigenvalue weighted by Crippen LogP contribution is -2.10. The molecule has 132 valence electrons. The number of aromatic nitrogens is 2. The lowest BCUT2D eigenvalue weighted by atomic mass is 10.0. The van der Waals surface area contributed by atoms with Crippen LogP contribution >= 0.6 is 0 Å². The maximum Gasteiger partial charge on any atom is 0.229 e. The number of nitrogens with zero attached hydrogens (tertiary/aromatic N) is 1. The first-order valence-electron chi connectivity index (χ1n) is 7.98. The van der Waals surface area contributed by atoms with E-state index in [-0.39, 0.29) is 0 Å². The summed E-state index contributed by atoms with van der Waals surface area (Å²) in [7, 11) is -1.92. The van der Waals surface area contributed by atoms with Gasteiger partial charge in [0, 0.05) is 5.56 Å². The number of anilines is 1. The Balaban J connectivity index is 1.96. The zero-order valence-corrected chi connectivity index (χ0v) is 15.1. The molecule has 0 unspecified atom stereocenters. The number of nitrogens with one attached hydrogen (secondary N) is 2. The summed E-state index contributed by atoms with van der Waals surface area (Å²) in [5.41, 5.74) is 2.78. The molecular weight excluding hydrogens is 350 g/mol. The Hall–Kier alpha value is -3.06. The van der Waals surface area contributed by atoms with Gasteiger partial charge in [-0.1, -0.05) is 36.4 Å². The number of hydrogen-bond acceptors (Lipinski definition) is 4. The van der Waals surface area contributed by atoms with Crippen LogP contribution < -0.4 is 9.46 Å². The number of methoxy groups -OCH3 is 1. The summed E-state index contributed by atoms with van der Waals surface area (Å²) in [6, 6.07) is 17.6. The van der Waals surface area contributed by atoms with Gasteiger partial charge in [-0.3, -0.25) is 9.82 Å². The minimum atomic E-state index is -3.43. The van der Waals surface area contributed by atoms with Gasteiger partial charge in [0.1, 0.15) is 5.69 Å². The minimum Gasteiger partial charge on any atom is -0.494 e. The molecule has 0 saturated heterocycles. The maximum atomic E-state index is 11.7. The van der Waals surface area contributed by atoms with Gasteiger partial charge in [-0.05, 0) is 29.0 Å². The fourth-order valence-corrected chi connectivity index (χ4v) is 3.68. The van der Waals surface area contributed by atoms with Crippen LogP contribution in [-0.4, -0.2) is 32.0 Å². The summed E-state index contributed by atoms with van der Waals surface area (Å²) < 4.78 is 31.3. The molecule has 2 N–H and O–H groups in total. The zero-order chi connectivity index (χ0) is 18.3. The van der Waals surface area contributed by atoms with Crippen LogP contribution in [0.3, 0.4) is 0 Å². The van der Waals surface area contributed by atoms with E-state index in [9.17, 15) is 8.42 Å². The second kappa shape index (κ2) is 6.03. The number of hydrogen-bond donors (Lipinski definition) is 2. The molecule has 1 aromatic heterocycles. The van der Waals surface area contributed by atoms with E-state index in [1.54, 1.807) is 12.1 Å². The second-order valence-corrected chi connectivity index (χ2v) is 7.83. The van der Waals surface area contributed by atoms with Crippen LogP contribution in [0.15, 0.2) is 54.6 Å². The number of H-pyrrole nitrogens is 1. The molecule has 26 heavy (non-hydrogen) atoms. The Morgan fingerprint density at radius 1 is 1.04 bits per heavy atom. The molecule has 4 rings (SSSR count). The fraction of sp³-hybridized carbons (Fsp3) is 0.105. The third-order valence-corrected chi connectivity index (χ3v) is 4.80. The van der Waals surface area contributed by atoms with Crippen LogP contribution in [-0.2, 0) is 10.0 Å². The predicted octanol–water partition coefficient (Wildman–Crippen LogP) is 3.76. The van der Waals surface area contributed by atoms with Crippen molar-refractivity contribution in [1.29, 1.82) is 0 Å². The van der Waals surface area contributed by atoms with Gasteiger partial charge in [0.25, 0.3) is 0 Å². The lowest BCUT2D eigenvalue weighted by Gasteiger charge is -2.11.